The summed E-state index contributed by atoms with van der Waals surface area (Å²) in [6, 6.07) is 10.2. The van der Waals surface area contributed by atoms with Crippen molar-refractivity contribution in [3.05, 3.63) is 51.2 Å². The summed E-state index contributed by atoms with van der Waals surface area (Å²) in [5.41, 5.74) is 1.10. The Kier molecular flexibility index (Phi) is 4.42. The molecule has 0 aliphatic heterocycles. The van der Waals surface area contributed by atoms with Gasteiger partial charge in [0.15, 0.2) is 0 Å². The van der Waals surface area contributed by atoms with E-state index >= 15 is 0 Å². The lowest BCUT2D eigenvalue weighted by Crippen LogP contribution is -2.21. The second kappa shape index (κ2) is 6.07. The highest BCUT2D eigenvalue weighted by atomic mass is 35.5. The molecule has 0 aliphatic carbocycles. The molecule has 1 aromatic heterocycles. The van der Waals surface area contributed by atoms with Crippen molar-refractivity contribution in [3.8, 4) is 0 Å². The Hall–Kier alpha value is -1.85. The first-order valence-electron chi connectivity index (χ1n) is 5.86. The van der Waals surface area contributed by atoms with Gasteiger partial charge in [-0.2, -0.15) is 0 Å². The number of carbonyl (C=O) groups excluding carboxylic acids is 2. The molecule has 1 heterocycles. The molecule has 0 unspecified atom stereocenters. The maximum atomic E-state index is 12.0. The third kappa shape index (κ3) is 3.37. The number of amides is 2. The molecule has 0 aliphatic rings. The predicted octanol–water partition coefficient (Wildman–Crippen LogP) is 3.36. The fraction of sp³-hybridized carbons (Fsp3) is 0.143. The van der Waals surface area contributed by atoms with Crippen LogP contribution in [0.5, 0.6) is 0 Å². The summed E-state index contributed by atoms with van der Waals surface area (Å²) in [6.45, 7) is 0. The Morgan fingerprint density at radius 1 is 1.20 bits per heavy atom. The summed E-state index contributed by atoms with van der Waals surface area (Å²) >= 11 is 7.01. The van der Waals surface area contributed by atoms with Crippen LogP contribution in [0.15, 0.2) is 36.4 Å². The first-order chi connectivity index (χ1) is 9.47. The van der Waals surface area contributed by atoms with E-state index in [2.05, 4.69) is 5.32 Å². The topological polar surface area (TPSA) is 49.4 Å². The van der Waals surface area contributed by atoms with Gasteiger partial charge in [-0.25, -0.2) is 0 Å². The summed E-state index contributed by atoms with van der Waals surface area (Å²) < 4.78 is 0.562. The summed E-state index contributed by atoms with van der Waals surface area (Å²) in [5, 5.41) is 2.75. The number of benzene rings is 1. The molecule has 0 saturated carbocycles. The van der Waals surface area contributed by atoms with Gasteiger partial charge in [0.25, 0.3) is 11.8 Å². The van der Waals surface area contributed by atoms with Crippen molar-refractivity contribution in [1.82, 2.24) is 4.90 Å². The minimum atomic E-state index is -0.239. The van der Waals surface area contributed by atoms with Gasteiger partial charge in [-0.15, -0.1) is 11.3 Å². The van der Waals surface area contributed by atoms with E-state index in [1.807, 2.05) is 0 Å². The number of hydrogen-bond acceptors (Lipinski definition) is 3. The Morgan fingerprint density at radius 2 is 1.95 bits per heavy atom. The Balaban J connectivity index is 2.16. The van der Waals surface area contributed by atoms with E-state index in [9.17, 15) is 9.59 Å². The van der Waals surface area contributed by atoms with E-state index in [1.165, 1.54) is 16.2 Å². The van der Waals surface area contributed by atoms with Gasteiger partial charge in [-0.05, 0) is 30.3 Å². The lowest BCUT2D eigenvalue weighted by atomic mass is 10.2. The van der Waals surface area contributed by atoms with Gasteiger partial charge >= 0.3 is 0 Å². The van der Waals surface area contributed by atoms with Crippen LogP contribution >= 0.6 is 22.9 Å². The second-order valence-electron chi connectivity index (χ2n) is 4.34. The van der Waals surface area contributed by atoms with Gasteiger partial charge in [0, 0.05) is 25.3 Å². The monoisotopic (exact) mass is 308 g/mol. The molecule has 2 aromatic rings. The number of hydrogen-bond donors (Lipinski definition) is 1. The van der Waals surface area contributed by atoms with Crippen molar-refractivity contribution in [2.75, 3.05) is 19.4 Å². The average Bonchev–Trinajstić information content (AvgIpc) is 2.85. The SMILES string of the molecule is CN(C)C(=O)c1cccc(NC(=O)c2ccc(Cl)s2)c1. The van der Waals surface area contributed by atoms with Crippen molar-refractivity contribution in [3.63, 3.8) is 0 Å². The Labute approximate surface area is 126 Å². The van der Waals surface area contributed by atoms with Crippen LogP contribution < -0.4 is 5.32 Å². The van der Waals surface area contributed by atoms with E-state index < -0.39 is 0 Å². The maximum absolute atomic E-state index is 12.0. The summed E-state index contributed by atoms with van der Waals surface area (Å²) in [6.07, 6.45) is 0. The third-order valence-electron chi connectivity index (χ3n) is 2.57. The van der Waals surface area contributed by atoms with Crippen molar-refractivity contribution < 1.29 is 9.59 Å². The van der Waals surface area contributed by atoms with Crippen LogP contribution in [-0.4, -0.2) is 30.8 Å². The number of rotatable bonds is 3. The quantitative estimate of drug-likeness (QED) is 0.945. The van der Waals surface area contributed by atoms with Gasteiger partial charge in [0.1, 0.15) is 0 Å². The smallest absolute Gasteiger partial charge is 0.265 e. The summed E-state index contributed by atoms with van der Waals surface area (Å²) in [4.78, 5) is 25.9. The molecule has 0 bridgehead atoms. The molecule has 1 aromatic carbocycles. The standard InChI is InChI=1S/C14H13ClN2O2S/c1-17(2)14(19)9-4-3-5-10(8-9)16-13(18)11-6-7-12(15)20-11/h3-8H,1-2H3,(H,16,18). The first kappa shape index (κ1) is 14.6. The van der Waals surface area contributed by atoms with E-state index in [-0.39, 0.29) is 11.8 Å². The molecule has 4 nitrogen and oxygen atoms in total. The Morgan fingerprint density at radius 3 is 2.55 bits per heavy atom. The van der Waals surface area contributed by atoms with E-state index in [0.29, 0.717) is 20.5 Å². The second-order valence-corrected chi connectivity index (χ2v) is 6.05. The zero-order valence-corrected chi connectivity index (χ0v) is 12.6. The number of nitrogens with zero attached hydrogens (tertiary/aromatic N) is 1. The van der Waals surface area contributed by atoms with Crippen LogP contribution in [0.3, 0.4) is 0 Å². The summed E-state index contributed by atoms with van der Waals surface area (Å²) in [5.74, 6) is -0.350. The van der Waals surface area contributed by atoms with Gasteiger partial charge in [-0.3, -0.25) is 9.59 Å². The zero-order chi connectivity index (χ0) is 14.7. The number of anilines is 1. The highest BCUT2D eigenvalue weighted by molar-refractivity contribution is 7.18. The molecule has 0 spiro atoms. The zero-order valence-electron chi connectivity index (χ0n) is 11.0. The van der Waals surface area contributed by atoms with Crippen molar-refractivity contribution in [1.29, 1.82) is 0 Å². The minimum Gasteiger partial charge on any atom is -0.345 e. The van der Waals surface area contributed by atoms with Crippen molar-refractivity contribution >= 4 is 40.4 Å². The number of halogens is 1. The third-order valence-corrected chi connectivity index (χ3v) is 3.80. The predicted molar refractivity (Wildman–Crippen MR) is 81.7 cm³/mol. The van der Waals surface area contributed by atoms with Crippen LogP contribution in [0.2, 0.25) is 4.34 Å². The van der Waals surface area contributed by atoms with E-state index in [1.54, 1.807) is 50.5 Å². The normalized spacial score (nSPS) is 10.2. The van der Waals surface area contributed by atoms with Crippen LogP contribution in [0.4, 0.5) is 5.69 Å². The van der Waals surface area contributed by atoms with Crippen LogP contribution in [0.1, 0.15) is 20.0 Å². The number of thiophene rings is 1. The lowest BCUT2D eigenvalue weighted by Gasteiger charge is -2.11. The molecule has 2 rings (SSSR count). The van der Waals surface area contributed by atoms with Crippen LogP contribution in [0.25, 0.3) is 0 Å². The largest absolute Gasteiger partial charge is 0.345 e. The van der Waals surface area contributed by atoms with Crippen molar-refractivity contribution in [2.45, 2.75) is 0 Å². The number of nitrogens with one attached hydrogen (secondary N) is 1. The maximum Gasteiger partial charge on any atom is 0.265 e. The molecular weight excluding hydrogens is 296 g/mol. The fourth-order valence-electron chi connectivity index (χ4n) is 1.62. The molecule has 2 amide bonds. The first-order valence-corrected chi connectivity index (χ1v) is 7.05. The van der Waals surface area contributed by atoms with E-state index in [0.717, 1.165) is 0 Å². The Bertz CT molecular complexity index is 652. The van der Waals surface area contributed by atoms with Gasteiger partial charge in [0.05, 0.1) is 9.21 Å². The molecule has 0 fully saturated rings. The average molecular weight is 309 g/mol. The van der Waals surface area contributed by atoms with Gasteiger partial charge in [0.2, 0.25) is 0 Å². The fourth-order valence-corrected chi connectivity index (χ4v) is 2.56. The molecule has 0 saturated heterocycles. The van der Waals surface area contributed by atoms with Gasteiger partial charge in [-0.1, -0.05) is 17.7 Å². The molecule has 104 valence electrons. The van der Waals surface area contributed by atoms with Crippen LogP contribution in [0, 0.1) is 0 Å². The molecule has 0 radical (unpaired) electrons. The van der Waals surface area contributed by atoms with Crippen LogP contribution in [-0.2, 0) is 0 Å². The van der Waals surface area contributed by atoms with Crippen molar-refractivity contribution in [2.24, 2.45) is 0 Å². The molecular formula is C14H13ClN2O2S. The number of carbonyl (C=O) groups is 2. The lowest BCUT2D eigenvalue weighted by molar-refractivity contribution is 0.0827. The highest BCUT2D eigenvalue weighted by Crippen LogP contribution is 2.22. The highest BCUT2D eigenvalue weighted by Gasteiger charge is 2.11. The minimum absolute atomic E-state index is 0.111. The van der Waals surface area contributed by atoms with Gasteiger partial charge < -0.3 is 10.2 Å². The summed E-state index contributed by atoms with van der Waals surface area (Å²) in [7, 11) is 3.36. The molecule has 0 atom stereocenters. The van der Waals surface area contributed by atoms with E-state index in [4.69, 9.17) is 11.6 Å². The molecule has 1 N–H and O–H groups in total. The molecule has 20 heavy (non-hydrogen) atoms. The molecule has 6 heteroatoms.